The van der Waals surface area contributed by atoms with E-state index in [1.807, 2.05) is 4.90 Å². The van der Waals surface area contributed by atoms with E-state index >= 15 is 0 Å². The number of nitroso groups, excluding NO2 is 1. The molecular formula is C19H23N4O6S+. The number of hydroxylamine groups is 1. The molecule has 0 radical (unpaired) electrons. The van der Waals surface area contributed by atoms with Crippen molar-refractivity contribution in [3.8, 4) is 5.75 Å². The maximum Gasteiger partial charge on any atom is 0.276 e. The Bertz CT molecular complexity index is 1050. The fraction of sp³-hybridized carbons (Fsp3) is 0.316. The average molecular weight is 435 g/mol. The largest absolute Gasteiger partial charge is 0.497 e. The summed E-state index contributed by atoms with van der Waals surface area (Å²) in [6.45, 7) is 1.12. The van der Waals surface area contributed by atoms with Gasteiger partial charge in [-0.2, -0.15) is 4.31 Å². The number of piperazine rings is 1. The second kappa shape index (κ2) is 8.78. The SMILES string of the molecule is COc1ccc(S(=O)(=O)N2CCN(c3ccc([N+](C)=O)cc3C(=O)NO)CC2)cc1. The van der Waals surface area contributed by atoms with Gasteiger partial charge in [0.25, 0.3) is 11.6 Å². The number of rotatable bonds is 6. The molecule has 10 nitrogen and oxygen atoms in total. The third-order valence-electron chi connectivity index (χ3n) is 4.97. The first-order chi connectivity index (χ1) is 14.3. The molecule has 0 aliphatic carbocycles. The highest BCUT2D eigenvalue weighted by Gasteiger charge is 2.30. The summed E-state index contributed by atoms with van der Waals surface area (Å²) in [5, 5.41) is 9.05. The van der Waals surface area contributed by atoms with E-state index in [0.717, 1.165) is 0 Å². The lowest BCUT2D eigenvalue weighted by Crippen LogP contribution is -2.49. The molecule has 1 aliphatic heterocycles. The Balaban J connectivity index is 1.79. The molecule has 0 saturated carbocycles. The molecule has 1 heterocycles. The van der Waals surface area contributed by atoms with Gasteiger partial charge in [0, 0.05) is 48.0 Å². The summed E-state index contributed by atoms with van der Waals surface area (Å²) in [7, 11) is -0.844. The second-order valence-corrected chi connectivity index (χ2v) is 8.64. The number of carbonyl (C=O) groups excluding carboxylic acids is 1. The van der Waals surface area contributed by atoms with Crippen LogP contribution in [0.5, 0.6) is 5.75 Å². The van der Waals surface area contributed by atoms with Gasteiger partial charge in [0.1, 0.15) is 5.75 Å². The Morgan fingerprint density at radius 3 is 2.27 bits per heavy atom. The van der Waals surface area contributed by atoms with Gasteiger partial charge in [0.05, 0.1) is 23.3 Å². The Kier molecular flexibility index (Phi) is 6.34. The minimum atomic E-state index is -3.66. The van der Waals surface area contributed by atoms with Crippen molar-refractivity contribution in [1.29, 1.82) is 0 Å². The monoisotopic (exact) mass is 435 g/mol. The van der Waals surface area contributed by atoms with Crippen LogP contribution in [0.4, 0.5) is 11.4 Å². The summed E-state index contributed by atoms with van der Waals surface area (Å²) >= 11 is 0. The molecule has 2 N–H and O–H groups in total. The van der Waals surface area contributed by atoms with E-state index in [4.69, 9.17) is 9.94 Å². The molecule has 0 spiro atoms. The maximum atomic E-state index is 12.9. The number of carbonyl (C=O) groups is 1. The lowest BCUT2D eigenvalue weighted by Gasteiger charge is -2.36. The van der Waals surface area contributed by atoms with Gasteiger partial charge in [-0.3, -0.25) is 10.0 Å². The molecule has 1 saturated heterocycles. The van der Waals surface area contributed by atoms with Crippen LogP contribution in [0.15, 0.2) is 47.4 Å². The van der Waals surface area contributed by atoms with Crippen LogP contribution in [0.3, 0.4) is 0 Å². The molecule has 0 bridgehead atoms. The van der Waals surface area contributed by atoms with Crippen LogP contribution in [0.1, 0.15) is 10.4 Å². The minimum Gasteiger partial charge on any atom is -0.497 e. The average Bonchev–Trinajstić information content (AvgIpc) is 2.78. The summed E-state index contributed by atoms with van der Waals surface area (Å²) in [6, 6.07) is 10.8. The molecule has 0 atom stereocenters. The molecule has 1 aliphatic rings. The summed E-state index contributed by atoms with van der Waals surface area (Å²) in [5.41, 5.74) is 2.49. The van der Waals surface area contributed by atoms with E-state index in [1.54, 1.807) is 29.7 Å². The fourth-order valence-corrected chi connectivity index (χ4v) is 4.73. The van der Waals surface area contributed by atoms with Gasteiger partial charge < -0.3 is 9.64 Å². The smallest absolute Gasteiger partial charge is 0.276 e. The number of hydrogen-bond donors (Lipinski definition) is 2. The van der Waals surface area contributed by atoms with Crippen LogP contribution in [0.2, 0.25) is 0 Å². The molecule has 3 rings (SSSR count). The van der Waals surface area contributed by atoms with Gasteiger partial charge in [-0.05, 0) is 30.3 Å². The van der Waals surface area contributed by atoms with Crippen molar-refractivity contribution in [3.63, 3.8) is 0 Å². The molecular weight excluding hydrogens is 412 g/mol. The van der Waals surface area contributed by atoms with Gasteiger partial charge in [0.15, 0.2) is 7.05 Å². The van der Waals surface area contributed by atoms with Crippen molar-refractivity contribution in [2.45, 2.75) is 4.90 Å². The topological polar surface area (TPSA) is 119 Å². The lowest BCUT2D eigenvalue weighted by atomic mass is 10.1. The van der Waals surface area contributed by atoms with Crippen LogP contribution in [0, 0.1) is 4.91 Å². The molecule has 0 aromatic heterocycles. The van der Waals surface area contributed by atoms with Crippen molar-refractivity contribution in [3.05, 3.63) is 52.9 Å². The number of nitrogens with zero attached hydrogens (tertiary/aromatic N) is 3. The molecule has 160 valence electrons. The predicted octanol–water partition coefficient (Wildman–Crippen LogP) is 1.37. The van der Waals surface area contributed by atoms with Crippen LogP contribution in [-0.2, 0) is 10.0 Å². The van der Waals surface area contributed by atoms with Gasteiger partial charge in [-0.15, -0.1) is 0 Å². The van der Waals surface area contributed by atoms with E-state index in [-0.39, 0.29) is 29.2 Å². The number of anilines is 1. The van der Waals surface area contributed by atoms with Crippen LogP contribution >= 0.6 is 0 Å². The molecule has 1 amide bonds. The van der Waals surface area contributed by atoms with Crippen LogP contribution in [-0.4, -0.2) is 68.9 Å². The third-order valence-corrected chi connectivity index (χ3v) is 6.88. The fourth-order valence-electron chi connectivity index (χ4n) is 3.30. The van der Waals surface area contributed by atoms with Gasteiger partial charge in [0.2, 0.25) is 10.0 Å². The second-order valence-electron chi connectivity index (χ2n) is 6.71. The number of amides is 1. The van der Waals surface area contributed by atoms with Crippen LogP contribution in [0.25, 0.3) is 0 Å². The number of ether oxygens (including phenoxy) is 1. The van der Waals surface area contributed by atoms with Crippen molar-refractivity contribution in [2.75, 3.05) is 45.2 Å². The number of methoxy groups -OCH3 is 1. The molecule has 1 fully saturated rings. The van der Waals surface area contributed by atoms with Crippen molar-refractivity contribution in [2.24, 2.45) is 0 Å². The number of hydrogen-bond acceptors (Lipinski definition) is 7. The predicted molar refractivity (Wildman–Crippen MR) is 109 cm³/mol. The van der Waals surface area contributed by atoms with E-state index in [2.05, 4.69) is 0 Å². The minimum absolute atomic E-state index is 0.129. The van der Waals surface area contributed by atoms with Crippen LogP contribution < -0.4 is 15.1 Å². The summed E-state index contributed by atoms with van der Waals surface area (Å²) in [6.07, 6.45) is 0. The highest BCUT2D eigenvalue weighted by Crippen LogP contribution is 2.28. The first-order valence-corrected chi connectivity index (χ1v) is 10.6. The van der Waals surface area contributed by atoms with E-state index in [0.29, 0.717) is 29.3 Å². The Morgan fingerprint density at radius 1 is 1.10 bits per heavy atom. The number of benzene rings is 2. The summed E-state index contributed by atoms with van der Waals surface area (Å²) in [4.78, 5) is 25.7. The highest BCUT2D eigenvalue weighted by molar-refractivity contribution is 7.89. The zero-order valence-electron chi connectivity index (χ0n) is 16.6. The lowest BCUT2D eigenvalue weighted by molar-refractivity contribution is -0.428. The zero-order valence-corrected chi connectivity index (χ0v) is 17.4. The normalized spacial score (nSPS) is 15.0. The van der Waals surface area contributed by atoms with Crippen molar-refractivity contribution in [1.82, 2.24) is 9.79 Å². The molecule has 30 heavy (non-hydrogen) atoms. The molecule has 0 unspecified atom stereocenters. The molecule has 11 heteroatoms. The maximum absolute atomic E-state index is 12.9. The van der Waals surface area contributed by atoms with E-state index < -0.39 is 15.9 Å². The first kappa shape index (κ1) is 21.7. The summed E-state index contributed by atoms with van der Waals surface area (Å²) in [5.74, 6) is -0.178. The number of nitrogens with one attached hydrogen (secondary N) is 1. The van der Waals surface area contributed by atoms with Gasteiger partial charge >= 0.3 is 0 Å². The number of sulfonamides is 1. The van der Waals surface area contributed by atoms with Gasteiger partial charge in [-0.25, -0.2) is 13.9 Å². The van der Waals surface area contributed by atoms with Crippen molar-refractivity contribution >= 4 is 27.3 Å². The Morgan fingerprint density at radius 2 is 1.73 bits per heavy atom. The van der Waals surface area contributed by atoms with E-state index in [9.17, 15) is 18.1 Å². The quantitative estimate of drug-likeness (QED) is 0.399. The third kappa shape index (κ3) is 4.27. The van der Waals surface area contributed by atoms with Crippen molar-refractivity contribution < 1.29 is 27.9 Å². The summed E-state index contributed by atoms with van der Waals surface area (Å²) < 4.78 is 32.9. The first-order valence-electron chi connectivity index (χ1n) is 9.16. The Hall–Kier alpha value is -3.02. The highest BCUT2D eigenvalue weighted by atomic mass is 32.2. The zero-order chi connectivity index (χ0) is 21.9. The standard InChI is InChI=1S/C19H22N4O6S/c1-21(26)14-3-8-18(17(13-14)19(24)20-25)22-9-11-23(12-10-22)30(27,28)16-6-4-15(29-2)5-7-16/h3-8,13H,9-12H2,1-2H3,(H-,20,24,25)/p+1. The Labute approximate surface area is 174 Å². The van der Waals surface area contributed by atoms with Gasteiger partial charge in [-0.1, -0.05) is 0 Å². The molecule has 2 aromatic carbocycles. The molecule has 2 aromatic rings. The van der Waals surface area contributed by atoms with E-state index in [1.165, 1.54) is 36.7 Å².